The van der Waals surface area contributed by atoms with Gasteiger partial charge in [-0.25, -0.2) is 13.6 Å². The van der Waals surface area contributed by atoms with Gasteiger partial charge in [0.15, 0.2) is 29.4 Å². The molecule has 1 N–H and O–H groups in total. The minimum absolute atomic E-state index is 0.0285. The lowest BCUT2D eigenvalue weighted by molar-refractivity contribution is -0.456. The Hall–Kier alpha value is -3.80. The second-order valence-electron chi connectivity index (χ2n) is 8.45. The number of carbonyl (C=O) groups is 4. The first-order chi connectivity index (χ1) is 18.5. The van der Waals surface area contributed by atoms with E-state index < -0.39 is 77.7 Å². The molecule has 2 aromatic rings. The Morgan fingerprint density at radius 2 is 1.74 bits per heavy atom. The van der Waals surface area contributed by atoms with Crippen LogP contribution in [0.1, 0.15) is 42.6 Å². The molecular formula is C26H24ClF4N2O6+. The zero-order chi connectivity index (χ0) is 28.9. The van der Waals surface area contributed by atoms with E-state index >= 15 is 0 Å². The molecule has 1 aliphatic rings. The third-order valence-corrected chi connectivity index (χ3v) is 6.12. The highest BCUT2D eigenvalue weighted by Crippen LogP contribution is 2.26. The molecule has 0 radical (unpaired) electrons. The summed E-state index contributed by atoms with van der Waals surface area (Å²) in [5, 5.41) is 2.68. The second-order valence-corrected chi connectivity index (χ2v) is 8.88. The summed E-state index contributed by atoms with van der Waals surface area (Å²) in [6, 6.07) is 2.05. The van der Waals surface area contributed by atoms with Crippen LogP contribution in [-0.2, 0) is 25.5 Å². The van der Waals surface area contributed by atoms with Crippen LogP contribution in [0.2, 0.25) is 5.02 Å². The number of Topliss-reactive ketones (excluding diaryl/α,β-unsaturated/α-hetero) is 1. The lowest BCUT2D eigenvalue weighted by Crippen LogP contribution is -2.52. The summed E-state index contributed by atoms with van der Waals surface area (Å²) in [7, 11) is 0. The highest BCUT2D eigenvalue weighted by atomic mass is 35.5. The van der Waals surface area contributed by atoms with Crippen LogP contribution in [0.4, 0.5) is 17.6 Å². The summed E-state index contributed by atoms with van der Waals surface area (Å²) in [5.74, 6) is -12.0. The van der Waals surface area contributed by atoms with E-state index in [-0.39, 0.29) is 19.1 Å². The molecule has 3 rings (SSSR count). The lowest BCUT2D eigenvalue weighted by atomic mass is 9.99. The Morgan fingerprint density at radius 3 is 2.36 bits per heavy atom. The molecule has 2 aromatic carbocycles. The van der Waals surface area contributed by atoms with Gasteiger partial charge in [-0.1, -0.05) is 24.6 Å². The highest BCUT2D eigenvalue weighted by Gasteiger charge is 2.39. The van der Waals surface area contributed by atoms with Crippen LogP contribution in [0.5, 0.6) is 5.75 Å². The number of esters is 1. The second kappa shape index (κ2) is 12.8. The van der Waals surface area contributed by atoms with E-state index in [9.17, 15) is 36.7 Å². The van der Waals surface area contributed by atoms with Crippen molar-refractivity contribution in [1.29, 1.82) is 0 Å². The average molecular weight is 572 g/mol. The Labute approximate surface area is 225 Å². The number of hydrogen-bond acceptors (Lipinski definition) is 6. The van der Waals surface area contributed by atoms with Crippen LogP contribution in [0.3, 0.4) is 0 Å². The van der Waals surface area contributed by atoms with E-state index in [1.165, 1.54) is 23.8 Å². The van der Waals surface area contributed by atoms with Crippen LogP contribution in [0.15, 0.2) is 24.3 Å². The number of fused-ring (bicyclic) bond motifs is 1. The molecule has 39 heavy (non-hydrogen) atoms. The minimum atomic E-state index is -1.86. The molecule has 1 unspecified atom stereocenters. The summed E-state index contributed by atoms with van der Waals surface area (Å²) < 4.78 is 65.5. The van der Waals surface area contributed by atoms with Crippen molar-refractivity contribution in [2.24, 2.45) is 0 Å². The van der Waals surface area contributed by atoms with Crippen molar-refractivity contribution in [2.75, 3.05) is 13.2 Å². The highest BCUT2D eigenvalue weighted by molar-refractivity contribution is 6.31. The van der Waals surface area contributed by atoms with Crippen molar-refractivity contribution in [3.8, 4) is 5.75 Å². The summed E-state index contributed by atoms with van der Waals surface area (Å²) in [5.41, 5.74) is 1.01. The van der Waals surface area contributed by atoms with Gasteiger partial charge in [-0.15, -0.1) is 0 Å². The van der Waals surface area contributed by atoms with Gasteiger partial charge in [0.2, 0.25) is 17.7 Å². The number of halogens is 5. The molecule has 0 fully saturated rings. The molecule has 2 amide bonds. The monoisotopic (exact) mass is 571 g/mol. The largest absolute Gasteiger partial charge is 0.479 e. The van der Waals surface area contributed by atoms with Crippen molar-refractivity contribution in [3.05, 3.63) is 63.7 Å². The number of ether oxygens (including phenoxy) is 2. The van der Waals surface area contributed by atoms with Crippen LogP contribution in [-0.4, -0.2) is 59.7 Å². The molecule has 13 heteroatoms. The zero-order valence-electron chi connectivity index (χ0n) is 20.9. The molecule has 0 spiro atoms. The zero-order valence-corrected chi connectivity index (χ0v) is 21.6. The summed E-state index contributed by atoms with van der Waals surface area (Å²) >= 11 is 6.01. The summed E-state index contributed by atoms with van der Waals surface area (Å²) in [6.45, 7) is 1.93. The number of nitrogens with one attached hydrogen (secondary N) is 1. The van der Waals surface area contributed by atoms with Crippen molar-refractivity contribution < 1.29 is 50.8 Å². The standard InChI is InChI=1S/C26H23ClF4N2O6/c1-3-19(33-8-7-13-5-6-14(27)9-15(13)26(33)37)25(36)32-18(11-21(35)38-4-2)20(34)12-39-24-22(30)16(28)10-17(29)23(24)31/h5-6,8-10,18-19H,3-4,7,11-12H2,1-2H3/p+1/t18?,19-/m0/s1. The SMILES string of the molecule is CCOC(=O)CC(NC(=O)[C@H](CC)[N+]1=CCc2ccc(Cl)cc2C1=O)C(=O)COc1c(F)c(F)cc(F)c1F. The fraction of sp³-hybridized carbons (Fsp3) is 0.346. The topological polar surface area (TPSA) is 102 Å². The van der Waals surface area contributed by atoms with Crippen LogP contribution >= 0.6 is 11.6 Å². The van der Waals surface area contributed by atoms with Gasteiger partial charge in [0.05, 0.1) is 25.0 Å². The van der Waals surface area contributed by atoms with Gasteiger partial charge in [0.1, 0.15) is 12.6 Å². The predicted octanol–water partition coefficient (Wildman–Crippen LogP) is 3.54. The molecule has 8 nitrogen and oxygen atoms in total. The lowest BCUT2D eigenvalue weighted by Gasteiger charge is -2.21. The van der Waals surface area contributed by atoms with E-state index in [0.717, 1.165) is 0 Å². The third kappa shape index (κ3) is 6.80. The molecule has 0 saturated heterocycles. The molecule has 0 saturated carbocycles. The van der Waals surface area contributed by atoms with Crippen LogP contribution in [0, 0.1) is 23.3 Å². The van der Waals surface area contributed by atoms with Crippen LogP contribution in [0.25, 0.3) is 0 Å². The molecule has 0 bridgehead atoms. The summed E-state index contributed by atoms with van der Waals surface area (Å²) in [6.07, 6.45) is 1.26. The number of hydrogen-bond donors (Lipinski definition) is 1. The molecule has 2 atom stereocenters. The number of carbonyl (C=O) groups excluding carboxylic acids is 4. The van der Waals surface area contributed by atoms with Crippen LogP contribution < -0.4 is 10.1 Å². The van der Waals surface area contributed by atoms with E-state index in [4.69, 9.17) is 21.1 Å². The van der Waals surface area contributed by atoms with E-state index in [1.54, 1.807) is 19.1 Å². The molecule has 0 aromatic heterocycles. The average Bonchev–Trinajstić information content (AvgIpc) is 2.89. The number of nitrogens with zero attached hydrogens (tertiary/aromatic N) is 1. The maximum absolute atomic E-state index is 13.9. The maximum atomic E-state index is 13.9. The van der Waals surface area contributed by atoms with Gasteiger partial charge in [0.25, 0.3) is 5.91 Å². The van der Waals surface area contributed by atoms with Crippen molar-refractivity contribution in [3.63, 3.8) is 0 Å². The van der Waals surface area contributed by atoms with Crippen molar-refractivity contribution in [1.82, 2.24) is 5.32 Å². The van der Waals surface area contributed by atoms with Crippen molar-refractivity contribution in [2.45, 2.75) is 45.2 Å². The fourth-order valence-corrected chi connectivity index (χ4v) is 4.12. The first kappa shape index (κ1) is 29.8. The van der Waals surface area contributed by atoms with Gasteiger partial charge < -0.3 is 14.8 Å². The fourth-order valence-electron chi connectivity index (χ4n) is 3.94. The first-order valence-electron chi connectivity index (χ1n) is 11.9. The number of rotatable bonds is 11. The first-order valence-corrected chi connectivity index (χ1v) is 12.2. The van der Waals surface area contributed by atoms with Gasteiger partial charge in [-0.3, -0.25) is 14.4 Å². The number of ketones is 1. The predicted molar refractivity (Wildman–Crippen MR) is 130 cm³/mol. The smallest absolute Gasteiger partial charge is 0.420 e. The van der Waals surface area contributed by atoms with E-state index in [0.29, 0.717) is 22.6 Å². The Bertz CT molecular complexity index is 1320. The van der Waals surface area contributed by atoms with Gasteiger partial charge in [-0.05, 0) is 24.6 Å². The minimum Gasteiger partial charge on any atom is -0.479 e. The summed E-state index contributed by atoms with van der Waals surface area (Å²) in [4.78, 5) is 51.3. The number of amides is 2. The third-order valence-electron chi connectivity index (χ3n) is 5.88. The molecule has 1 aliphatic heterocycles. The molecule has 1 heterocycles. The van der Waals surface area contributed by atoms with Gasteiger partial charge in [0, 0.05) is 17.5 Å². The number of benzene rings is 2. The normalized spacial score (nSPS) is 14.1. The Kier molecular flexibility index (Phi) is 9.79. The van der Waals surface area contributed by atoms with Crippen molar-refractivity contribution >= 4 is 41.4 Å². The van der Waals surface area contributed by atoms with E-state index in [2.05, 4.69) is 5.32 Å². The Morgan fingerprint density at radius 1 is 1.08 bits per heavy atom. The molecular weight excluding hydrogens is 548 g/mol. The van der Waals surface area contributed by atoms with Gasteiger partial charge in [-0.2, -0.15) is 13.4 Å². The maximum Gasteiger partial charge on any atom is 0.420 e. The Balaban J connectivity index is 1.80. The van der Waals surface area contributed by atoms with Gasteiger partial charge >= 0.3 is 11.9 Å². The quantitative estimate of drug-likeness (QED) is 0.192. The molecule has 208 valence electrons. The van der Waals surface area contributed by atoms with E-state index in [1.807, 2.05) is 0 Å². The molecule has 0 aliphatic carbocycles.